The van der Waals surface area contributed by atoms with E-state index in [0.717, 1.165) is 58.2 Å². The van der Waals surface area contributed by atoms with Gasteiger partial charge in [0.05, 0.1) is 6.04 Å². The smallest absolute Gasteiger partial charge is 0.245 e. The number of hydrogen-bond acceptors (Lipinski definition) is 4. The van der Waals surface area contributed by atoms with E-state index in [-0.39, 0.29) is 35.6 Å². The fourth-order valence-electron chi connectivity index (χ4n) is 5.29. The Morgan fingerprint density at radius 2 is 1.70 bits per heavy atom. The molecule has 0 aromatic heterocycles. The van der Waals surface area contributed by atoms with E-state index in [9.17, 15) is 14.4 Å². The van der Waals surface area contributed by atoms with Crippen molar-refractivity contribution in [3.63, 3.8) is 0 Å². The van der Waals surface area contributed by atoms with Gasteiger partial charge in [0.15, 0.2) is 0 Å². The molecule has 4 aliphatic rings. The molecule has 0 spiro atoms. The summed E-state index contributed by atoms with van der Waals surface area (Å²) in [6.45, 7) is 4.27. The van der Waals surface area contributed by atoms with Crippen molar-refractivity contribution >= 4 is 17.7 Å². The lowest BCUT2D eigenvalue weighted by atomic mass is 10.1. The summed E-state index contributed by atoms with van der Waals surface area (Å²) in [6, 6.07) is 9.73. The van der Waals surface area contributed by atoms with Crippen LogP contribution in [-0.4, -0.2) is 83.8 Å². The predicted octanol–water partition coefficient (Wildman–Crippen LogP) is 1.67. The van der Waals surface area contributed by atoms with Gasteiger partial charge >= 0.3 is 0 Å². The second kappa shape index (κ2) is 9.84. The van der Waals surface area contributed by atoms with Crippen LogP contribution >= 0.6 is 0 Å². The van der Waals surface area contributed by atoms with Crippen LogP contribution in [0.3, 0.4) is 0 Å². The van der Waals surface area contributed by atoms with Crippen molar-refractivity contribution in [3.05, 3.63) is 35.9 Å². The monoisotopic (exact) mass is 452 g/mol. The number of nitrogens with one attached hydrogen (secondary N) is 1. The first kappa shape index (κ1) is 22.4. The van der Waals surface area contributed by atoms with Gasteiger partial charge in [-0.15, -0.1) is 0 Å². The van der Waals surface area contributed by atoms with E-state index >= 15 is 0 Å². The van der Waals surface area contributed by atoms with Gasteiger partial charge in [0, 0.05) is 44.6 Å². The summed E-state index contributed by atoms with van der Waals surface area (Å²) in [5.41, 5.74) is 1.21. The fraction of sp³-hybridized carbons (Fsp3) is 0.654. The number of amides is 3. The van der Waals surface area contributed by atoms with Crippen LogP contribution < -0.4 is 5.32 Å². The van der Waals surface area contributed by atoms with Crippen molar-refractivity contribution in [1.82, 2.24) is 20.0 Å². The molecule has 1 aromatic carbocycles. The minimum Gasteiger partial charge on any atom is -0.340 e. The van der Waals surface area contributed by atoms with E-state index in [1.807, 2.05) is 32.9 Å². The molecule has 2 saturated carbocycles. The third-order valence-electron chi connectivity index (χ3n) is 7.56. The van der Waals surface area contributed by atoms with E-state index in [2.05, 4.69) is 17.4 Å². The van der Waals surface area contributed by atoms with Crippen molar-refractivity contribution in [2.24, 2.45) is 11.8 Å². The third-order valence-corrected chi connectivity index (χ3v) is 7.56. The SMILES string of the molecule is O=C(C1CC(N(CCc2ccccc2)C(=O)C2CC2)CN1C(=O)C1CC1)N1CCCNCC1. The first-order valence-corrected chi connectivity index (χ1v) is 12.8. The van der Waals surface area contributed by atoms with Crippen LogP contribution in [0.5, 0.6) is 0 Å². The van der Waals surface area contributed by atoms with Crippen LogP contribution in [0.15, 0.2) is 30.3 Å². The molecule has 2 aliphatic heterocycles. The second-order valence-corrected chi connectivity index (χ2v) is 10.1. The average Bonchev–Trinajstić information content (AvgIpc) is 3.74. The van der Waals surface area contributed by atoms with Gasteiger partial charge in [0.1, 0.15) is 6.04 Å². The molecule has 1 aromatic rings. The number of carbonyl (C=O) groups is 3. The van der Waals surface area contributed by atoms with Gasteiger partial charge in [-0.25, -0.2) is 0 Å². The molecule has 2 unspecified atom stereocenters. The molecule has 3 amide bonds. The first-order chi connectivity index (χ1) is 16.1. The van der Waals surface area contributed by atoms with E-state index in [1.54, 1.807) is 0 Å². The molecule has 1 N–H and O–H groups in total. The lowest BCUT2D eigenvalue weighted by Gasteiger charge is -2.29. The Hall–Kier alpha value is -2.41. The number of benzene rings is 1. The summed E-state index contributed by atoms with van der Waals surface area (Å²) in [5, 5.41) is 3.35. The highest BCUT2D eigenvalue weighted by Crippen LogP contribution is 2.37. The Bertz CT molecular complexity index is 860. The molecular weight excluding hydrogens is 416 g/mol. The molecule has 7 heteroatoms. The van der Waals surface area contributed by atoms with Gasteiger partial charge in [-0.2, -0.15) is 0 Å². The van der Waals surface area contributed by atoms with Crippen LogP contribution in [0, 0.1) is 11.8 Å². The Morgan fingerprint density at radius 1 is 0.939 bits per heavy atom. The van der Waals surface area contributed by atoms with Crippen molar-refractivity contribution < 1.29 is 14.4 Å². The highest BCUT2D eigenvalue weighted by atomic mass is 16.2. The number of hydrogen-bond donors (Lipinski definition) is 1. The molecule has 2 heterocycles. The van der Waals surface area contributed by atoms with Crippen LogP contribution in [0.4, 0.5) is 0 Å². The number of likely N-dealkylation sites (tertiary alicyclic amines) is 1. The maximum absolute atomic E-state index is 13.6. The number of nitrogens with zero attached hydrogens (tertiary/aromatic N) is 3. The van der Waals surface area contributed by atoms with Gasteiger partial charge in [0.2, 0.25) is 17.7 Å². The lowest BCUT2D eigenvalue weighted by molar-refractivity contribution is -0.144. The summed E-state index contributed by atoms with van der Waals surface area (Å²) < 4.78 is 0. The Labute approximate surface area is 196 Å². The first-order valence-electron chi connectivity index (χ1n) is 12.8. The van der Waals surface area contributed by atoms with Crippen molar-refractivity contribution in [2.45, 2.75) is 57.0 Å². The molecule has 178 valence electrons. The molecule has 0 radical (unpaired) electrons. The zero-order chi connectivity index (χ0) is 22.8. The van der Waals surface area contributed by atoms with Crippen LogP contribution in [0.1, 0.15) is 44.1 Å². The minimum atomic E-state index is -0.438. The van der Waals surface area contributed by atoms with Crippen molar-refractivity contribution in [2.75, 3.05) is 39.3 Å². The van der Waals surface area contributed by atoms with Crippen molar-refractivity contribution in [1.29, 1.82) is 0 Å². The van der Waals surface area contributed by atoms with Crippen LogP contribution in [0.2, 0.25) is 0 Å². The van der Waals surface area contributed by atoms with Gasteiger partial charge in [-0.3, -0.25) is 14.4 Å². The zero-order valence-electron chi connectivity index (χ0n) is 19.5. The lowest BCUT2D eigenvalue weighted by Crippen LogP contribution is -2.49. The van der Waals surface area contributed by atoms with E-state index in [0.29, 0.717) is 26.1 Å². The quantitative estimate of drug-likeness (QED) is 0.683. The molecule has 4 fully saturated rings. The topological polar surface area (TPSA) is 73.0 Å². The molecular formula is C26H36N4O3. The van der Waals surface area contributed by atoms with Crippen LogP contribution in [0.25, 0.3) is 0 Å². The highest BCUT2D eigenvalue weighted by Gasteiger charge is 2.48. The van der Waals surface area contributed by atoms with Gasteiger partial charge in [0.25, 0.3) is 0 Å². The van der Waals surface area contributed by atoms with E-state index < -0.39 is 6.04 Å². The zero-order valence-corrected chi connectivity index (χ0v) is 19.5. The molecule has 7 nitrogen and oxygen atoms in total. The summed E-state index contributed by atoms with van der Waals surface area (Å²) >= 11 is 0. The maximum Gasteiger partial charge on any atom is 0.245 e. The van der Waals surface area contributed by atoms with Gasteiger partial charge in [-0.1, -0.05) is 30.3 Å². The third kappa shape index (κ3) is 5.24. The standard InChI is InChI=1S/C26H36N4O3/c31-24(20-7-8-20)29(15-11-19-5-2-1-3-6-19)22-17-23(30(18-22)25(32)21-9-10-21)26(33)28-14-4-12-27-13-16-28/h1-3,5-6,20-23,27H,4,7-18H2. The fourth-order valence-corrected chi connectivity index (χ4v) is 5.29. The molecule has 2 aliphatic carbocycles. The van der Waals surface area contributed by atoms with Gasteiger partial charge < -0.3 is 20.0 Å². The summed E-state index contributed by atoms with van der Waals surface area (Å²) in [6.07, 6.45) is 6.06. The van der Waals surface area contributed by atoms with Crippen molar-refractivity contribution in [3.8, 4) is 0 Å². The predicted molar refractivity (Wildman–Crippen MR) is 125 cm³/mol. The summed E-state index contributed by atoms with van der Waals surface area (Å²) in [5.74, 6) is 0.589. The van der Waals surface area contributed by atoms with E-state index in [1.165, 1.54) is 5.56 Å². The number of rotatable bonds is 7. The minimum absolute atomic E-state index is 0.0667. The van der Waals surface area contributed by atoms with Gasteiger partial charge in [-0.05, 0) is 57.1 Å². The Kier molecular flexibility index (Phi) is 6.67. The molecule has 0 bridgehead atoms. The highest BCUT2D eigenvalue weighted by molar-refractivity contribution is 5.90. The molecule has 5 rings (SSSR count). The van der Waals surface area contributed by atoms with E-state index in [4.69, 9.17) is 0 Å². The normalized spacial score (nSPS) is 25.6. The largest absolute Gasteiger partial charge is 0.340 e. The maximum atomic E-state index is 13.6. The Balaban J connectivity index is 1.34. The van der Waals surface area contributed by atoms with Crippen LogP contribution in [-0.2, 0) is 20.8 Å². The molecule has 2 saturated heterocycles. The summed E-state index contributed by atoms with van der Waals surface area (Å²) in [7, 11) is 0. The number of carbonyl (C=O) groups excluding carboxylic acids is 3. The molecule has 2 atom stereocenters. The molecule has 33 heavy (non-hydrogen) atoms. The average molecular weight is 453 g/mol. The Morgan fingerprint density at radius 3 is 2.42 bits per heavy atom. The second-order valence-electron chi connectivity index (χ2n) is 10.1. The summed E-state index contributed by atoms with van der Waals surface area (Å²) in [4.78, 5) is 45.8.